The van der Waals surface area contributed by atoms with E-state index in [0.717, 1.165) is 28.6 Å². The van der Waals surface area contributed by atoms with Crippen molar-refractivity contribution in [2.45, 2.75) is 31.9 Å². The van der Waals surface area contributed by atoms with Gasteiger partial charge in [-0.2, -0.15) is 0 Å². The van der Waals surface area contributed by atoms with Crippen LogP contribution < -0.4 is 10.5 Å². The summed E-state index contributed by atoms with van der Waals surface area (Å²) in [4.78, 5) is 0. The van der Waals surface area contributed by atoms with Crippen LogP contribution in [0.15, 0.2) is 46.9 Å². The van der Waals surface area contributed by atoms with Crippen LogP contribution in [0.3, 0.4) is 0 Å². The summed E-state index contributed by atoms with van der Waals surface area (Å²) >= 11 is 3.49. The van der Waals surface area contributed by atoms with Crippen molar-refractivity contribution in [1.82, 2.24) is 0 Å². The van der Waals surface area contributed by atoms with E-state index in [0.29, 0.717) is 0 Å². The van der Waals surface area contributed by atoms with E-state index in [1.54, 1.807) is 0 Å². The van der Waals surface area contributed by atoms with Crippen LogP contribution in [0.4, 0.5) is 0 Å². The zero-order chi connectivity index (χ0) is 14.1. The Bertz CT molecular complexity index is 626. The van der Waals surface area contributed by atoms with Crippen LogP contribution in [0.5, 0.6) is 5.75 Å². The summed E-state index contributed by atoms with van der Waals surface area (Å²) in [6, 6.07) is 14.6. The van der Waals surface area contributed by atoms with E-state index in [4.69, 9.17) is 10.5 Å². The van der Waals surface area contributed by atoms with Gasteiger partial charge in [-0.25, -0.2) is 0 Å². The highest BCUT2D eigenvalue weighted by Crippen LogP contribution is 2.41. The van der Waals surface area contributed by atoms with E-state index in [1.807, 2.05) is 18.2 Å². The third-order valence-corrected chi connectivity index (χ3v) is 4.39. The van der Waals surface area contributed by atoms with Gasteiger partial charge in [-0.3, -0.25) is 0 Å². The minimum absolute atomic E-state index is 0.0294. The summed E-state index contributed by atoms with van der Waals surface area (Å²) in [6.45, 7) is 2.17. The number of aryl methyl sites for hydroxylation is 1. The SMILES string of the molecule is CCc1ccccc1C1CC(N)c2ccc(Br)cc2O1. The Morgan fingerprint density at radius 1 is 1.20 bits per heavy atom. The number of benzene rings is 2. The van der Waals surface area contributed by atoms with Gasteiger partial charge < -0.3 is 10.5 Å². The lowest BCUT2D eigenvalue weighted by Crippen LogP contribution is -2.24. The molecule has 0 aromatic heterocycles. The number of nitrogens with two attached hydrogens (primary N) is 1. The normalized spacial score (nSPS) is 21.1. The molecule has 0 amide bonds. The first-order valence-electron chi connectivity index (χ1n) is 6.98. The average molecular weight is 332 g/mol. The Labute approximate surface area is 128 Å². The first kappa shape index (κ1) is 13.7. The van der Waals surface area contributed by atoms with Crippen molar-refractivity contribution in [2.75, 3.05) is 0 Å². The second-order valence-electron chi connectivity index (χ2n) is 5.18. The first-order valence-corrected chi connectivity index (χ1v) is 7.78. The minimum atomic E-state index is 0.0294. The van der Waals surface area contributed by atoms with Gasteiger partial charge in [0.2, 0.25) is 0 Å². The van der Waals surface area contributed by atoms with Crippen molar-refractivity contribution in [2.24, 2.45) is 5.73 Å². The molecule has 1 heterocycles. The molecule has 1 aliphatic rings. The molecule has 2 atom stereocenters. The number of hydrogen-bond acceptors (Lipinski definition) is 2. The predicted molar refractivity (Wildman–Crippen MR) is 84.9 cm³/mol. The first-order chi connectivity index (χ1) is 9.69. The van der Waals surface area contributed by atoms with Crippen LogP contribution in [0.25, 0.3) is 0 Å². The second kappa shape index (κ2) is 5.58. The molecule has 2 aromatic carbocycles. The van der Waals surface area contributed by atoms with Crippen LogP contribution in [-0.2, 0) is 6.42 Å². The average Bonchev–Trinajstić information content (AvgIpc) is 2.46. The van der Waals surface area contributed by atoms with Crippen molar-refractivity contribution in [3.63, 3.8) is 0 Å². The quantitative estimate of drug-likeness (QED) is 0.877. The van der Waals surface area contributed by atoms with Gasteiger partial charge in [0, 0.05) is 22.5 Å². The fourth-order valence-electron chi connectivity index (χ4n) is 2.84. The van der Waals surface area contributed by atoms with E-state index >= 15 is 0 Å². The van der Waals surface area contributed by atoms with Gasteiger partial charge in [0.1, 0.15) is 11.9 Å². The lowest BCUT2D eigenvalue weighted by Gasteiger charge is -2.31. The molecule has 0 radical (unpaired) electrons. The zero-order valence-corrected chi connectivity index (χ0v) is 13.1. The number of ether oxygens (including phenoxy) is 1. The van der Waals surface area contributed by atoms with Crippen molar-refractivity contribution in [3.05, 3.63) is 63.6 Å². The summed E-state index contributed by atoms with van der Waals surface area (Å²) in [7, 11) is 0. The molecule has 3 rings (SSSR count). The lowest BCUT2D eigenvalue weighted by atomic mass is 9.91. The maximum Gasteiger partial charge on any atom is 0.126 e. The van der Waals surface area contributed by atoms with E-state index in [9.17, 15) is 0 Å². The summed E-state index contributed by atoms with van der Waals surface area (Å²) < 4.78 is 7.22. The van der Waals surface area contributed by atoms with E-state index in [2.05, 4.69) is 47.1 Å². The standard InChI is InChI=1S/C17H18BrNO/c1-2-11-5-3-4-6-13(11)17-10-15(19)14-8-7-12(18)9-16(14)20-17/h3-9,15,17H,2,10,19H2,1H3. The van der Waals surface area contributed by atoms with Crippen LogP contribution in [-0.4, -0.2) is 0 Å². The monoisotopic (exact) mass is 331 g/mol. The van der Waals surface area contributed by atoms with Gasteiger partial charge >= 0.3 is 0 Å². The molecule has 2 aromatic rings. The molecular weight excluding hydrogens is 314 g/mol. The molecule has 20 heavy (non-hydrogen) atoms. The van der Waals surface area contributed by atoms with Crippen LogP contribution in [0, 0.1) is 0 Å². The predicted octanol–water partition coefficient (Wildman–Crippen LogP) is 4.54. The highest BCUT2D eigenvalue weighted by atomic mass is 79.9. The lowest BCUT2D eigenvalue weighted by molar-refractivity contribution is 0.160. The number of rotatable bonds is 2. The number of fused-ring (bicyclic) bond motifs is 1. The van der Waals surface area contributed by atoms with E-state index < -0.39 is 0 Å². The third kappa shape index (κ3) is 2.48. The molecule has 2 N–H and O–H groups in total. The Hall–Kier alpha value is -1.32. The molecule has 0 bridgehead atoms. The fraction of sp³-hybridized carbons (Fsp3) is 0.294. The van der Waals surface area contributed by atoms with Crippen molar-refractivity contribution >= 4 is 15.9 Å². The molecule has 0 aliphatic carbocycles. The van der Waals surface area contributed by atoms with Crippen LogP contribution in [0.2, 0.25) is 0 Å². The minimum Gasteiger partial charge on any atom is -0.485 e. The van der Waals surface area contributed by atoms with Gasteiger partial charge in [-0.15, -0.1) is 0 Å². The van der Waals surface area contributed by atoms with Crippen molar-refractivity contribution in [3.8, 4) is 5.75 Å². The van der Waals surface area contributed by atoms with Gasteiger partial charge in [-0.1, -0.05) is 53.2 Å². The molecule has 0 fully saturated rings. The van der Waals surface area contributed by atoms with Crippen molar-refractivity contribution < 1.29 is 4.74 Å². The molecule has 3 heteroatoms. The largest absolute Gasteiger partial charge is 0.485 e. The maximum atomic E-state index is 6.32. The van der Waals surface area contributed by atoms with Gasteiger partial charge in [-0.05, 0) is 29.7 Å². The molecule has 0 saturated heterocycles. The molecule has 2 nitrogen and oxygen atoms in total. The number of halogens is 1. The third-order valence-electron chi connectivity index (χ3n) is 3.90. The Kier molecular flexibility index (Phi) is 3.81. The van der Waals surface area contributed by atoms with Gasteiger partial charge in [0.05, 0.1) is 0 Å². The fourth-order valence-corrected chi connectivity index (χ4v) is 3.18. The van der Waals surface area contributed by atoms with Crippen molar-refractivity contribution in [1.29, 1.82) is 0 Å². The summed E-state index contributed by atoms with van der Waals surface area (Å²) in [5.74, 6) is 0.897. The Morgan fingerprint density at radius 2 is 2.00 bits per heavy atom. The summed E-state index contributed by atoms with van der Waals surface area (Å²) in [6.07, 6.45) is 1.88. The topological polar surface area (TPSA) is 35.2 Å². The van der Waals surface area contributed by atoms with Crippen LogP contribution >= 0.6 is 15.9 Å². The molecule has 2 unspecified atom stereocenters. The maximum absolute atomic E-state index is 6.32. The molecule has 1 aliphatic heterocycles. The number of hydrogen-bond donors (Lipinski definition) is 1. The molecule has 0 spiro atoms. The van der Waals surface area contributed by atoms with E-state index in [-0.39, 0.29) is 12.1 Å². The van der Waals surface area contributed by atoms with Gasteiger partial charge in [0.15, 0.2) is 0 Å². The second-order valence-corrected chi connectivity index (χ2v) is 6.10. The Balaban J connectivity index is 1.98. The molecule has 104 valence electrons. The summed E-state index contributed by atoms with van der Waals surface area (Å²) in [5.41, 5.74) is 10.0. The smallest absolute Gasteiger partial charge is 0.126 e. The van der Waals surface area contributed by atoms with E-state index in [1.165, 1.54) is 11.1 Å². The molecular formula is C17H18BrNO. The Morgan fingerprint density at radius 3 is 2.80 bits per heavy atom. The molecule has 0 saturated carbocycles. The highest BCUT2D eigenvalue weighted by molar-refractivity contribution is 9.10. The van der Waals surface area contributed by atoms with Gasteiger partial charge in [0.25, 0.3) is 0 Å². The highest BCUT2D eigenvalue weighted by Gasteiger charge is 2.28. The van der Waals surface area contributed by atoms with Crippen LogP contribution in [0.1, 0.15) is 42.2 Å². The zero-order valence-electron chi connectivity index (χ0n) is 11.5. The summed E-state index contributed by atoms with van der Waals surface area (Å²) in [5, 5.41) is 0.